The van der Waals surface area contributed by atoms with Crippen molar-refractivity contribution in [3.63, 3.8) is 0 Å². The van der Waals surface area contributed by atoms with Gasteiger partial charge in [0, 0.05) is 68.7 Å². The van der Waals surface area contributed by atoms with Gasteiger partial charge in [-0.1, -0.05) is 59.9 Å². The van der Waals surface area contributed by atoms with Gasteiger partial charge in [0.1, 0.15) is 17.5 Å². The lowest BCUT2D eigenvalue weighted by Gasteiger charge is -2.40. The number of ether oxygens (including phenoxy) is 2. The van der Waals surface area contributed by atoms with E-state index in [0.717, 1.165) is 53.9 Å². The van der Waals surface area contributed by atoms with Crippen molar-refractivity contribution in [2.75, 3.05) is 31.1 Å². The number of benzene rings is 2. The van der Waals surface area contributed by atoms with Crippen molar-refractivity contribution in [1.82, 2.24) is 20.1 Å². The molecule has 3 fully saturated rings. The normalized spacial score (nSPS) is 20.1. The first kappa shape index (κ1) is 39.9. The molecule has 2 unspecified atom stereocenters. The van der Waals surface area contributed by atoms with Crippen molar-refractivity contribution in [3.8, 4) is 5.75 Å². The average Bonchev–Trinajstić information content (AvgIpc) is 3.87. The molecule has 2 saturated heterocycles. The quantitative estimate of drug-likeness (QED) is 0.207. The number of piperidine rings is 1. The van der Waals surface area contributed by atoms with Gasteiger partial charge in [0.05, 0.1) is 22.5 Å². The molecule has 2 aromatic carbocycles. The molecule has 3 aliphatic rings. The Bertz CT molecular complexity index is 1820. The molecule has 13 heteroatoms. The van der Waals surface area contributed by atoms with Crippen molar-refractivity contribution < 1.29 is 23.9 Å². The highest BCUT2D eigenvalue weighted by Crippen LogP contribution is 2.40. The summed E-state index contributed by atoms with van der Waals surface area (Å²) >= 11 is 19.6. The van der Waals surface area contributed by atoms with Crippen LogP contribution in [-0.2, 0) is 27.4 Å². The second kappa shape index (κ2) is 17.0. The van der Waals surface area contributed by atoms with E-state index in [1.54, 1.807) is 4.90 Å². The van der Waals surface area contributed by atoms with Crippen LogP contribution in [0.1, 0.15) is 88.0 Å². The number of hydrogen-bond acceptors (Lipinski definition) is 7. The first-order valence-corrected chi connectivity index (χ1v) is 20.0. The number of nitrogens with zero attached hydrogens (tertiary/aromatic N) is 4. The summed E-state index contributed by atoms with van der Waals surface area (Å²) in [6.07, 6.45) is 4.94. The number of amides is 3. The number of aryl methyl sites for hydroxylation is 1. The Kier molecular flexibility index (Phi) is 12.5. The maximum absolute atomic E-state index is 14.8. The van der Waals surface area contributed by atoms with Gasteiger partial charge in [-0.3, -0.25) is 9.59 Å². The highest BCUT2D eigenvalue weighted by atomic mass is 35.5. The van der Waals surface area contributed by atoms with E-state index in [9.17, 15) is 14.4 Å². The molecule has 6 rings (SSSR count). The molecule has 1 N–H and O–H groups in total. The summed E-state index contributed by atoms with van der Waals surface area (Å²) in [6.45, 7) is 12.1. The number of carbonyl (C=O) groups excluding carboxylic acids is 3. The largest absolute Gasteiger partial charge is 0.485 e. The third-order valence-electron chi connectivity index (χ3n) is 10.2. The molecule has 0 radical (unpaired) electrons. The lowest BCUT2D eigenvalue weighted by atomic mass is 9.80. The minimum atomic E-state index is -0.663. The topological polar surface area (TPSA) is 104 Å². The van der Waals surface area contributed by atoms with Gasteiger partial charge in [0.2, 0.25) is 11.8 Å². The van der Waals surface area contributed by atoms with Crippen LogP contribution in [-0.4, -0.2) is 76.6 Å². The first-order valence-electron chi connectivity index (χ1n) is 18.8. The molecule has 3 heterocycles. The number of nitrogens with one attached hydrogen (secondary N) is 1. The van der Waals surface area contributed by atoms with E-state index < -0.39 is 17.6 Å². The number of anilines is 1. The maximum Gasteiger partial charge on any atom is 0.410 e. The summed E-state index contributed by atoms with van der Waals surface area (Å²) in [4.78, 5) is 50.7. The number of halogens is 3. The number of hydrogen-bond donors (Lipinski definition) is 1. The molecule has 1 aliphatic carbocycles. The Balaban J connectivity index is 1.20. The van der Waals surface area contributed by atoms with Gasteiger partial charge in [0.25, 0.3) is 0 Å². The molecule has 0 spiro atoms. The average molecular weight is 799 g/mol. The molecule has 10 nitrogen and oxygen atoms in total. The summed E-state index contributed by atoms with van der Waals surface area (Å²) in [5, 5.41) is 4.47. The Labute approximate surface area is 333 Å². The molecular formula is C41H50Cl3N5O5. The van der Waals surface area contributed by atoms with Gasteiger partial charge < -0.3 is 29.5 Å². The monoisotopic (exact) mass is 797 g/mol. The third-order valence-corrected chi connectivity index (χ3v) is 11.1. The third kappa shape index (κ3) is 9.92. The van der Waals surface area contributed by atoms with Crippen LogP contribution < -0.4 is 15.0 Å². The van der Waals surface area contributed by atoms with Gasteiger partial charge in [-0.2, -0.15) is 0 Å². The predicted octanol–water partition coefficient (Wildman–Crippen LogP) is 8.57. The van der Waals surface area contributed by atoms with Crippen LogP contribution in [0.2, 0.25) is 15.1 Å². The number of aromatic nitrogens is 1. The molecular weight excluding hydrogens is 749 g/mol. The molecule has 290 valence electrons. The Morgan fingerprint density at radius 1 is 0.944 bits per heavy atom. The molecule has 0 bridgehead atoms. The van der Waals surface area contributed by atoms with Gasteiger partial charge in [-0.15, -0.1) is 0 Å². The van der Waals surface area contributed by atoms with Crippen molar-refractivity contribution >= 4 is 58.5 Å². The highest BCUT2D eigenvalue weighted by Gasteiger charge is 2.43. The fourth-order valence-electron chi connectivity index (χ4n) is 7.25. The smallest absolute Gasteiger partial charge is 0.410 e. The first-order chi connectivity index (χ1) is 25.7. The van der Waals surface area contributed by atoms with Crippen LogP contribution in [0.25, 0.3) is 0 Å². The number of carbonyl (C=O) groups is 3. The van der Waals surface area contributed by atoms with E-state index in [0.29, 0.717) is 59.8 Å². The van der Waals surface area contributed by atoms with Crippen molar-refractivity contribution in [3.05, 3.63) is 86.0 Å². The summed E-state index contributed by atoms with van der Waals surface area (Å²) in [7, 11) is 0. The second-order valence-electron chi connectivity index (χ2n) is 15.7. The lowest BCUT2D eigenvalue weighted by molar-refractivity contribution is -0.139. The van der Waals surface area contributed by atoms with Crippen LogP contribution in [0.15, 0.2) is 48.7 Å². The van der Waals surface area contributed by atoms with Gasteiger partial charge in [-0.05, 0) is 93.5 Å². The van der Waals surface area contributed by atoms with Crippen LogP contribution >= 0.6 is 34.8 Å². The zero-order valence-corrected chi connectivity index (χ0v) is 33.9. The van der Waals surface area contributed by atoms with Crippen molar-refractivity contribution in [1.29, 1.82) is 0 Å². The lowest BCUT2D eigenvalue weighted by Crippen LogP contribution is -2.51. The van der Waals surface area contributed by atoms with Crippen LogP contribution in [0.3, 0.4) is 0 Å². The number of rotatable bonds is 11. The zero-order chi connectivity index (χ0) is 38.7. The summed E-state index contributed by atoms with van der Waals surface area (Å²) in [5.41, 5.74) is 3.00. The van der Waals surface area contributed by atoms with E-state index in [-0.39, 0.29) is 36.4 Å². The molecule has 54 heavy (non-hydrogen) atoms. The Morgan fingerprint density at radius 2 is 1.69 bits per heavy atom. The highest BCUT2D eigenvalue weighted by molar-refractivity contribution is 6.37. The number of likely N-dealkylation sites (tertiary alicyclic amines) is 1. The fraction of sp³-hybridized carbons (Fsp3) is 0.512. The summed E-state index contributed by atoms with van der Waals surface area (Å²) < 4.78 is 12.0. The minimum absolute atomic E-state index is 0.0199. The maximum atomic E-state index is 14.8. The molecule has 3 aromatic rings. The van der Waals surface area contributed by atoms with Crippen LogP contribution in [0, 0.1) is 12.8 Å². The van der Waals surface area contributed by atoms with Crippen molar-refractivity contribution in [2.45, 2.75) is 103 Å². The summed E-state index contributed by atoms with van der Waals surface area (Å²) in [5.74, 6) is 0.597. The molecule has 3 atom stereocenters. The predicted molar refractivity (Wildman–Crippen MR) is 212 cm³/mol. The van der Waals surface area contributed by atoms with E-state index in [4.69, 9.17) is 49.3 Å². The van der Waals surface area contributed by atoms with Gasteiger partial charge in [-0.25, -0.2) is 9.78 Å². The fourth-order valence-corrected chi connectivity index (χ4v) is 8.11. The SMILES string of the molecule is CCC(=O)NCc1ccc(Cl)c(CN(C(=O)C2CN(C(=O)OC(C)(C)C)CCC2c2ccc(N3CC[C@H](Oc4c(Cl)cc(C)cc4Cl)C3)nc2)C2CC2)c1. The Hall–Kier alpha value is -3.73. The standard InChI is InChI=1S/C41H50Cl3N5O5/c1-6-37(50)46-20-26-7-11-33(42)28(19-26)22-49(29-9-10-29)39(51)32-24-48(40(52)54-41(3,4)5)16-14-31(32)27-8-12-36(45-21-27)47-15-13-30(23-47)53-38-34(43)17-25(2)18-35(38)44/h7-8,11-12,17-19,21,29-32H,6,9-10,13-16,20,22-24H2,1-5H3,(H,46,50)/t30-,31?,32?/m0/s1. The van der Waals surface area contributed by atoms with Crippen LogP contribution in [0.5, 0.6) is 5.75 Å². The molecule has 2 aliphatic heterocycles. The molecule has 1 saturated carbocycles. The van der Waals surface area contributed by atoms with Crippen molar-refractivity contribution in [2.24, 2.45) is 5.92 Å². The molecule has 3 amide bonds. The summed E-state index contributed by atoms with van der Waals surface area (Å²) in [6, 6.07) is 13.5. The van der Waals surface area contributed by atoms with E-state index in [1.165, 1.54) is 0 Å². The zero-order valence-electron chi connectivity index (χ0n) is 31.7. The van der Waals surface area contributed by atoms with Gasteiger partial charge in [0.15, 0.2) is 5.75 Å². The minimum Gasteiger partial charge on any atom is -0.485 e. The van der Waals surface area contributed by atoms with Gasteiger partial charge >= 0.3 is 6.09 Å². The molecule has 1 aromatic heterocycles. The van der Waals surface area contributed by atoms with E-state index in [1.807, 2.05) is 82.1 Å². The number of pyridine rings is 1. The van der Waals surface area contributed by atoms with E-state index >= 15 is 0 Å². The second-order valence-corrected chi connectivity index (χ2v) is 16.9. The van der Waals surface area contributed by atoms with Crippen LogP contribution in [0.4, 0.5) is 10.6 Å². The van der Waals surface area contributed by atoms with E-state index in [2.05, 4.69) is 16.3 Å². The Morgan fingerprint density at radius 3 is 2.33 bits per heavy atom.